The van der Waals surface area contributed by atoms with Gasteiger partial charge in [-0.05, 0) is 64.0 Å². The molecule has 9 heteroatoms. The number of hydrogen-bond donors (Lipinski definition) is 3. The van der Waals surface area contributed by atoms with E-state index in [4.69, 9.17) is 9.84 Å². The van der Waals surface area contributed by atoms with Crippen LogP contribution in [-0.2, 0) is 20.7 Å². The van der Waals surface area contributed by atoms with Crippen LogP contribution in [0.4, 0.5) is 11.5 Å². The number of hydrogen-bond acceptors (Lipinski definition) is 8. The van der Waals surface area contributed by atoms with E-state index in [1.165, 1.54) is 0 Å². The summed E-state index contributed by atoms with van der Waals surface area (Å²) in [6, 6.07) is 11.0. The van der Waals surface area contributed by atoms with Crippen molar-refractivity contribution >= 4 is 50.0 Å². The van der Waals surface area contributed by atoms with E-state index in [0.29, 0.717) is 10.9 Å². The molecule has 0 amide bonds. The van der Waals surface area contributed by atoms with Gasteiger partial charge in [0.1, 0.15) is 18.5 Å². The second-order valence-corrected chi connectivity index (χ2v) is 10.3. The second-order valence-electron chi connectivity index (χ2n) is 9.53. The van der Waals surface area contributed by atoms with Crippen molar-refractivity contribution in [2.75, 3.05) is 18.5 Å². The Morgan fingerprint density at radius 2 is 1.86 bits per heavy atom. The Morgan fingerprint density at radius 1 is 1.11 bits per heavy atom. The number of esters is 1. The van der Waals surface area contributed by atoms with Crippen molar-refractivity contribution in [3.63, 3.8) is 0 Å². The Kier molecular flexibility index (Phi) is 7.53. The van der Waals surface area contributed by atoms with Gasteiger partial charge >= 0.3 is 5.97 Å². The van der Waals surface area contributed by atoms with E-state index in [9.17, 15) is 9.59 Å². The van der Waals surface area contributed by atoms with E-state index in [1.807, 2.05) is 36.4 Å². The predicted molar refractivity (Wildman–Crippen MR) is 144 cm³/mol. The number of Topliss-reactive ketones (excluding diaryl/α,β-unsaturated/α-hetero) is 1. The number of anilines is 2. The molecule has 0 saturated heterocycles. The first-order chi connectivity index (χ1) is 18.0. The maximum absolute atomic E-state index is 12.9. The van der Waals surface area contributed by atoms with Gasteiger partial charge in [0.2, 0.25) is 0 Å². The SMILES string of the molecule is O=C(OCCO)[C@@H](Cc1ccc(Nc2nccc3ccncc23)cc1)NC1=C(Br)C(=O)C12CCCCC2. The minimum Gasteiger partial charge on any atom is -0.462 e. The number of ketones is 1. The zero-order chi connectivity index (χ0) is 25.8. The Hall–Kier alpha value is -3.30. The summed E-state index contributed by atoms with van der Waals surface area (Å²) in [6.45, 7) is -0.317. The number of pyridine rings is 2. The van der Waals surface area contributed by atoms with E-state index >= 15 is 0 Å². The summed E-state index contributed by atoms with van der Waals surface area (Å²) in [5.41, 5.74) is 2.06. The van der Waals surface area contributed by atoms with Gasteiger partial charge in [0.25, 0.3) is 0 Å². The minimum absolute atomic E-state index is 0.0724. The summed E-state index contributed by atoms with van der Waals surface area (Å²) in [7, 11) is 0. The second kappa shape index (κ2) is 11.0. The smallest absolute Gasteiger partial charge is 0.328 e. The first-order valence-electron chi connectivity index (χ1n) is 12.6. The summed E-state index contributed by atoms with van der Waals surface area (Å²) in [5, 5.41) is 17.8. The van der Waals surface area contributed by atoms with E-state index in [2.05, 4.69) is 36.5 Å². The van der Waals surface area contributed by atoms with Gasteiger partial charge < -0.3 is 20.5 Å². The number of nitrogens with zero attached hydrogens (tertiary/aromatic N) is 2. The maximum Gasteiger partial charge on any atom is 0.328 e. The van der Waals surface area contributed by atoms with Crippen molar-refractivity contribution in [1.29, 1.82) is 0 Å². The van der Waals surface area contributed by atoms with Crippen molar-refractivity contribution in [3.8, 4) is 0 Å². The van der Waals surface area contributed by atoms with E-state index in [0.717, 1.165) is 65.6 Å². The molecule has 1 saturated carbocycles. The molecule has 1 fully saturated rings. The molecule has 2 aromatic heterocycles. The number of halogens is 1. The molecular formula is C28H29BrN4O4. The number of rotatable bonds is 9. The van der Waals surface area contributed by atoms with Gasteiger partial charge in [-0.1, -0.05) is 31.4 Å². The number of carbonyl (C=O) groups excluding carboxylic acids is 2. The van der Waals surface area contributed by atoms with Crippen LogP contribution in [0.5, 0.6) is 0 Å². The standard InChI is InChI=1S/C28H29BrN4O4/c29-23-24(28(25(23)35)10-2-1-3-11-28)33-22(27(36)37-15-14-34)16-18-4-6-20(7-5-18)32-26-21-17-30-12-8-19(21)9-13-31-26/h4-9,12-13,17,22,33-34H,1-3,10-11,14-16H2,(H,31,32)/t22-/m1/s1. The van der Waals surface area contributed by atoms with Crippen LogP contribution in [0.15, 0.2) is 65.2 Å². The first kappa shape index (κ1) is 25.4. The van der Waals surface area contributed by atoms with Crippen LogP contribution in [0.3, 0.4) is 0 Å². The number of aliphatic hydroxyl groups is 1. The van der Waals surface area contributed by atoms with Gasteiger partial charge in [-0.2, -0.15) is 0 Å². The van der Waals surface area contributed by atoms with E-state index in [1.54, 1.807) is 18.6 Å². The molecule has 192 valence electrons. The van der Waals surface area contributed by atoms with Crippen LogP contribution in [0.25, 0.3) is 10.8 Å². The van der Waals surface area contributed by atoms with Gasteiger partial charge in [0.05, 0.1) is 16.5 Å². The van der Waals surface area contributed by atoms with Crippen molar-refractivity contribution in [2.45, 2.75) is 44.6 Å². The number of nitrogens with one attached hydrogen (secondary N) is 2. The van der Waals surface area contributed by atoms with Crippen LogP contribution in [0, 0.1) is 5.41 Å². The molecule has 2 heterocycles. The number of aromatic nitrogens is 2. The summed E-state index contributed by atoms with van der Waals surface area (Å²) in [4.78, 5) is 34.4. The molecule has 1 aromatic carbocycles. The number of ether oxygens (including phenoxy) is 1. The molecular weight excluding hydrogens is 536 g/mol. The Morgan fingerprint density at radius 3 is 2.62 bits per heavy atom. The fourth-order valence-electron chi connectivity index (χ4n) is 5.24. The Bertz CT molecular complexity index is 1330. The van der Waals surface area contributed by atoms with Crippen molar-refractivity contribution in [2.24, 2.45) is 5.41 Å². The normalized spacial score (nSPS) is 17.4. The molecule has 0 bridgehead atoms. The van der Waals surface area contributed by atoms with Crippen LogP contribution < -0.4 is 10.6 Å². The van der Waals surface area contributed by atoms with Crippen molar-refractivity contribution < 1.29 is 19.4 Å². The van der Waals surface area contributed by atoms with Crippen molar-refractivity contribution in [1.82, 2.24) is 15.3 Å². The first-order valence-corrected chi connectivity index (χ1v) is 13.3. The topological polar surface area (TPSA) is 113 Å². The van der Waals surface area contributed by atoms with Crippen molar-refractivity contribution in [3.05, 3.63) is 70.7 Å². The lowest BCUT2D eigenvalue weighted by atomic mass is 9.62. The maximum atomic E-state index is 12.9. The third-order valence-corrected chi connectivity index (χ3v) is 7.96. The molecule has 3 N–H and O–H groups in total. The van der Waals surface area contributed by atoms with Crippen LogP contribution in [-0.4, -0.2) is 46.1 Å². The highest BCUT2D eigenvalue weighted by Gasteiger charge is 2.53. The molecule has 0 radical (unpaired) electrons. The molecule has 0 aliphatic heterocycles. The highest BCUT2D eigenvalue weighted by Crippen LogP contribution is 2.53. The highest BCUT2D eigenvalue weighted by molar-refractivity contribution is 9.12. The van der Waals surface area contributed by atoms with Gasteiger partial charge in [-0.15, -0.1) is 0 Å². The van der Waals surface area contributed by atoms with Gasteiger partial charge in [0, 0.05) is 41.8 Å². The average Bonchev–Trinajstić information content (AvgIpc) is 2.95. The lowest BCUT2D eigenvalue weighted by Crippen LogP contribution is -2.53. The fourth-order valence-corrected chi connectivity index (χ4v) is 6.11. The monoisotopic (exact) mass is 564 g/mol. The molecule has 2 aliphatic carbocycles. The van der Waals surface area contributed by atoms with Crippen LogP contribution in [0.2, 0.25) is 0 Å². The molecule has 1 atom stereocenters. The molecule has 5 rings (SSSR count). The summed E-state index contributed by atoms with van der Waals surface area (Å²) in [5.74, 6) is 0.376. The molecule has 37 heavy (non-hydrogen) atoms. The van der Waals surface area contributed by atoms with E-state index < -0.39 is 17.4 Å². The molecule has 3 aromatic rings. The predicted octanol–water partition coefficient (Wildman–Crippen LogP) is 4.55. The fraction of sp³-hybridized carbons (Fsp3) is 0.357. The summed E-state index contributed by atoms with van der Waals surface area (Å²) in [6.07, 6.45) is 10.3. The largest absolute Gasteiger partial charge is 0.462 e. The number of allylic oxidation sites excluding steroid dienone is 2. The molecule has 2 aliphatic rings. The lowest BCUT2D eigenvalue weighted by Gasteiger charge is -2.46. The number of aliphatic hydroxyl groups excluding tert-OH is 1. The Labute approximate surface area is 223 Å². The number of carbonyl (C=O) groups is 2. The Balaban J connectivity index is 1.33. The van der Waals surface area contributed by atoms with Crippen LogP contribution >= 0.6 is 15.9 Å². The summed E-state index contributed by atoms with van der Waals surface area (Å²) < 4.78 is 5.80. The van der Waals surface area contributed by atoms with Gasteiger partial charge in [-0.25, -0.2) is 9.78 Å². The zero-order valence-corrected chi connectivity index (χ0v) is 22.0. The third kappa shape index (κ3) is 5.10. The number of fused-ring (bicyclic) bond motifs is 1. The van der Waals surface area contributed by atoms with E-state index in [-0.39, 0.29) is 19.0 Å². The van der Waals surface area contributed by atoms with Gasteiger partial charge in [0.15, 0.2) is 5.78 Å². The summed E-state index contributed by atoms with van der Waals surface area (Å²) >= 11 is 3.43. The minimum atomic E-state index is -0.689. The zero-order valence-electron chi connectivity index (χ0n) is 20.4. The lowest BCUT2D eigenvalue weighted by molar-refractivity contribution is -0.147. The molecule has 8 nitrogen and oxygen atoms in total. The average molecular weight is 565 g/mol. The van der Waals surface area contributed by atoms with Gasteiger partial charge in [-0.3, -0.25) is 9.78 Å². The third-order valence-electron chi connectivity index (χ3n) is 7.20. The number of benzene rings is 1. The highest BCUT2D eigenvalue weighted by atomic mass is 79.9. The van der Waals surface area contributed by atoms with Crippen LogP contribution in [0.1, 0.15) is 37.7 Å². The molecule has 1 spiro atoms. The quantitative estimate of drug-likeness (QED) is 0.324. The molecule has 0 unspecified atom stereocenters.